The van der Waals surface area contributed by atoms with Crippen LogP contribution in [0.4, 0.5) is 17.1 Å². The third-order valence-corrected chi connectivity index (χ3v) is 9.62. The van der Waals surface area contributed by atoms with Gasteiger partial charge >= 0.3 is 0 Å². The Balaban J connectivity index is 1.60. The topological polar surface area (TPSA) is 60.9 Å². The number of imide groups is 1. The highest BCUT2D eigenvalue weighted by Gasteiger charge is 2.57. The number of anilines is 3. The quantitative estimate of drug-likeness (QED) is 0.392. The highest BCUT2D eigenvalue weighted by Crippen LogP contribution is 2.65. The number of para-hydroxylation sites is 2. The molecule has 32 heavy (non-hydrogen) atoms. The van der Waals surface area contributed by atoms with Gasteiger partial charge in [-0.3, -0.25) is 14.2 Å². The molecule has 2 aliphatic rings. The van der Waals surface area contributed by atoms with Crippen molar-refractivity contribution in [3.8, 4) is 0 Å². The van der Waals surface area contributed by atoms with Crippen molar-refractivity contribution < 1.29 is 14.2 Å². The van der Waals surface area contributed by atoms with Crippen molar-refractivity contribution in [2.75, 3.05) is 27.3 Å². The molecule has 0 radical (unpaired) electrons. The smallest absolute Gasteiger partial charge is 0.275 e. The Kier molecular flexibility index (Phi) is 5.28. The van der Waals surface area contributed by atoms with Gasteiger partial charge in [0.1, 0.15) is 5.66 Å². The first-order valence-electron chi connectivity index (χ1n) is 10.4. The standard InChI is InChI=1S/C24H21ClN3O3P/c25-18-8-7-13-21(16-18)28-23(29)17-22(24(28)30)32(31)26(19-9-3-1-4-10-19)14-15-27(32)20-11-5-2-6-12-20/h1-13,16,22H,14-15,17H2. The molecule has 3 aromatic rings. The summed E-state index contributed by atoms with van der Waals surface area (Å²) in [5.41, 5.74) is 0.974. The van der Waals surface area contributed by atoms with Gasteiger partial charge in [-0.05, 0) is 42.5 Å². The van der Waals surface area contributed by atoms with Gasteiger partial charge in [-0.2, -0.15) is 0 Å². The molecule has 1 unspecified atom stereocenters. The monoisotopic (exact) mass is 465 g/mol. The molecule has 1 atom stereocenters. The summed E-state index contributed by atoms with van der Waals surface area (Å²) < 4.78 is 18.5. The van der Waals surface area contributed by atoms with Gasteiger partial charge in [0, 0.05) is 35.9 Å². The lowest BCUT2D eigenvalue weighted by Crippen LogP contribution is -2.36. The van der Waals surface area contributed by atoms with Crippen LogP contribution in [-0.2, 0) is 14.2 Å². The highest BCUT2D eigenvalue weighted by atomic mass is 35.5. The predicted octanol–water partition coefficient (Wildman–Crippen LogP) is 5.19. The average Bonchev–Trinajstić information content (AvgIpc) is 3.31. The maximum atomic E-state index is 14.9. The van der Waals surface area contributed by atoms with Crippen LogP contribution < -0.4 is 14.2 Å². The van der Waals surface area contributed by atoms with Crippen LogP contribution in [-0.4, -0.2) is 30.6 Å². The van der Waals surface area contributed by atoms with Crippen molar-refractivity contribution in [2.24, 2.45) is 0 Å². The molecule has 6 nitrogen and oxygen atoms in total. The molecule has 3 aromatic carbocycles. The van der Waals surface area contributed by atoms with Crippen LogP contribution in [0.5, 0.6) is 0 Å². The Morgan fingerprint density at radius 3 is 1.81 bits per heavy atom. The SMILES string of the molecule is O=C1CC(P2(=O)N(c3ccccc3)CCN2c2ccccc2)C(=O)N1c1cccc(Cl)c1. The second kappa shape index (κ2) is 8.12. The maximum Gasteiger partial charge on any atom is 0.275 e. The van der Waals surface area contributed by atoms with Crippen molar-refractivity contribution in [1.29, 1.82) is 0 Å². The van der Waals surface area contributed by atoms with Gasteiger partial charge in [0.05, 0.1) is 5.69 Å². The Bertz CT molecular complexity index is 1170. The van der Waals surface area contributed by atoms with Gasteiger partial charge in [-0.1, -0.05) is 54.1 Å². The first-order valence-corrected chi connectivity index (χ1v) is 12.4. The van der Waals surface area contributed by atoms with Crippen LogP contribution in [0.15, 0.2) is 84.9 Å². The van der Waals surface area contributed by atoms with E-state index in [1.807, 2.05) is 70.0 Å². The number of nitrogens with zero attached hydrogens (tertiary/aromatic N) is 3. The zero-order valence-electron chi connectivity index (χ0n) is 17.2. The molecule has 0 spiro atoms. The molecule has 0 aliphatic carbocycles. The second-order valence-corrected chi connectivity index (χ2v) is 11.0. The zero-order chi connectivity index (χ0) is 22.3. The maximum absolute atomic E-state index is 14.9. The van der Waals surface area contributed by atoms with Crippen LogP contribution in [0.2, 0.25) is 5.02 Å². The Hall–Kier alpha value is -3.08. The van der Waals surface area contributed by atoms with Crippen molar-refractivity contribution in [2.45, 2.75) is 12.1 Å². The summed E-state index contributed by atoms with van der Waals surface area (Å²) in [6.45, 7) is 0.983. The molecular formula is C24H21ClN3O3P. The third kappa shape index (κ3) is 3.31. The summed E-state index contributed by atoms with van der Waals surface area (Å²) >= 11 is 6.10. The molecule has 5 rings (SSSR count). The molecule has 2 amide bonds. The third-order valence-electron chi connectivity index (χ3n) is 5.92. The van der Waals surface area contributed by atoms with Crippen molar-refractivity contribution in [3.63, 3.8) is 0 Å². The van der Waals surface area contributed by atoms with Gasteiger partial charge in [0.2, 0.25) is 11.8 Å². The number of hydrogen-bond donors (Lipinski definition) is 0. The van der Waals surface area contributed by atoms with Crippen LogP contribution in [0.25, 0.3) is 0 Å². The van der Waals surface area contributed by atoms with Gasteiger partial charge in [-0.15, -0.1) is 0 Å². The number of benzene rings is 3. The van der Waals surface area contributed by atoms with Crippen molar-refractivity contribution in [3.05, 3.63) is 90.0 Å². The number of carbonyl (C=O) groups excluding carboxylic acids is 2. The van der Waals surface area contributed by atoms with E-state index >= 15 is 0 Å². The molecule has 8 heteroatoms. The van der Waals surface area contributed by atoms with E-state index in [-0.39, 0.29) is 12.3 Å². The Morgan fingerprint density at radius 2 is 1.28 bits per heavy atom. The number of amides is 2. The summed E-state index contributed by atoms with van der Waals surface area (Å²) in [6.07, 6.45) is -0.116. The van der Waals surface area contributed by atoms with Crippen LogP contribution in [0, 0.1) is 0 Å². The summed E-state index contributed by atoms with van der Waals surface area (Å²) in [4.78, 5) is 27.7. The minimum atomic E-state index is -3.52. The fourth-order valence-electron chi connectivity index (χ4n) is 4.50. The molecule has 0 saturated carbocycles. The molecular weight excluding hydrogens is 445 g/mol. The molecule has 2 heterocycles. The van der Waals surface area contributed by atoms with E-state index in [2.05, 4.69) is 0 Å². The van der Waals surface area contributed by atoms with E-state index in [1.165, 1.54) is 0 Å². The van der Waals surface area contributed by atoms with Gasteiger partial charge < -0.3 is 9.34 Å². The van der Waals surface area contributed by atoms with E-state index < -0.39 is 19.0 Å². The molecule has 162 valence electrons. The Morgan fingerprint density at radius 1 is 0.750 bits per heavy atom. The summed E-state index contributed by atoms with van der Waals surface area (Å²) in [5.74, 6) is -0.824. The fourth-order valence-corrected chi connectivity index (χ4v) is 8.09. The molecule has 2 fully saturated rings. The fraction of sp³-hybridized carbons (Fsp3) is 0.167. The van der Waals surface area contributed by atoms with Crippen LogP contribution in [0.3, 0.4) is 0 Å². The largest absolute Gasteiger partial charge is 0.304 e. The van der Waals surface area contributed by atoms with Crippen LogP contribution in [0.1, 0.15) is 6.42 Å². The molecule has 2 aliphatic heterocycles. The van der Waals surface area contributed by atoms with E-state index in [0.717, 1.165) is 16.3 Å². The van der Waals surface area contributed by atoms with Gasteiger partial charge in [-0.25, -0.2) is 4.90 Å². The van der Waals surface area contributed by atoms with Gasteiger partial charge in [0.25, 0.3) is 7.44 Å². The highest BCUT2D eigenvalue weighted by molar-refractivity contribution is 7.69. The first kappa shape index (κ1) is 20.8. The predicted molar refractivity (Wildman–Crippen MR) is 128 cm³/mol. The van der Waals surface area contributed by atoms with E-state index in [9.17, 15) is 14.2 Å². The normalized spacial score (nSPS) is 20.3. The van der Waals surface area contributed by atoms with E-state index in [0.29, 0.717) is 23.8 Å². The number of hydrogen-bond acceptors (Lipinski definition) is 3. The second-order valence-electron chi connectivity index (χ2n) is 7.77. The lowest BCUT2D eigenvalue weighted by molar-refractivity contribution is -0.121. The minimum absolute atomic E-state index is 0.116. The minimum Gasteiger partial charge on any atom is -0.304 e. The molecule has 0 N–H and O–H groups in total. The number of rotatable bonds is 4. The first-order chi connectivity index (χ1) is 15.5. The van der Waals surface area contributed by atoms with Crippen LogP contribution >= 0.6 is 19.0 Å². The van der Waals surface area contributed by atoms with E-state index in [4.69, 9.17) is 11.6 Å². The van der Waals surface area contributed by atoms with E-state index in [1.54, 1.807) is 24.3 Å². The van der Waals surface area contributed by atoms with Gasteiger partial charge in [0.15, 0.2) is 0 Å². The number of halogens is 1. The summed E-state index contributed by atoms with van der Waals surface area (Å²) in [5, 5.41) is 0.427. The Labute approximate surface area is 191 Å². The number of carbonyl (C=O) groups is 2. The summed E-state index contributed by atoms with van der Waals surface area (Å²) in [6, 6.07) is 25.5. The molecule has 0 aromatic heterocycles. The zero-order valence-corrected chi connectivity index (χ0v) is 18.8. The van der Waals surface area contributed by atoms with Crippen molar-refractivity contribution in [1.82, 2.24) is 0 Å². The lowest BCUT2D eigenvalue weighted by Gasteiger charge is -2.35. The average molecular weight is 466 g/mol. The summed E-state index contributed by atoms with van der Waals surface area (Å²) in [7, 11) is -3.52. The lowest BCUT2D eigenvalue weighted by atomic mass is 10.3. The molecule has 2 saturated heterocycles. The van der Waals surface area contributed by atoms with Crippen molar-refractivity contribution >= 4 is 47.9 Å². The molecule has 0 bridgehead atoms.